The number of hydrogen-bond acceptors (Lipinski definition) is 7. The molecule has 2 rings (SSSR count). The zero-order valence-electron chi connectivity index (χ0n) is 15.6. The van der Waals surface area contributed by atoms with Gasteiger partial charge < -0.3 is 24.3 Å². The Hall–Kier alpha value is -3.29. The van der Waals surface area contributed by atoms with Crippen LogP contribution in [0.15, 0.2) is 36.5 Å². The first kappa shape index (κ1) is 20.0. The molecule has 8 heteroatoms. The number of aromatic nitrogens is 1. The normalized spacial score (nSPS) is 11.3. The Balaban J connectivity index is 2.28. The summed E-state index contributed by atoms with van der Waals surface area (Å²) in [7, 11) is 5.83. The molecule has 2 aromatic rings. The molecule has 0 bridgehead atoms. The molecule has 27 heavy (non-hydrogen) atoms. The largest absolute Gasteiger partial charge is 0.493 e. The van der Waals surface area contributed by atoms with Crippen molar-refractivity contribution in [1.82, 2.24) is 10.3 Å². The predicted octanol–water partition coefficient (Wildman–Crippen LogP) is 2.14. The fourth-order valence-corrected chi connectivity index (χ4v) is 2.45. The Morgan fingerprint density at radius 2 is 1.74 bits per heavy atom. The molecule has 0 radical (unpaired) electrons. The fraction of sp³-hybridized carbons (Fsp3) is 0.316. The van der Waals surface area contributed by atoms with Crippen molar-refractivity contribution in [3.63, 3.8) is 0 Å². The van der Waals surface area contributed by atoms with Gasteiger partial charge in [0.2, 0.25) is 5.88 Å². The van der Waals surface area contributed by atoms with Gasteiger partial charge in [-0.2, -0.15) is 0 Å². The highest BCUT2D eigenvalue weighted by atomic mass is 16.5. The number of nitrogens with zero attached hydrogens (tertiary/aromatic N) is 1. The van der Waals surface area contributed by atoms with Crippen molar-refractivity contribution in [2.45, 2.75) is 12.5 Å². The summed E-state index contributed by atoms with van der Waals surface area (Å²) in [6, 6.07) is 7.72. The molecule has 1 heterocycles. The van der Waals surface area contributed by atoms with Crippen molar-refractivity contribution in [2.24, 2.45) is 0 Å². The molecule has 8 nitrogen and oxygen atoms in total. The van der Waals surface area contributed by atoms with Gasteiger partial charge in [-0.3, -0.25) is 9.59 Å². The van der Waals surface area contributed by atoms with Gasteiger partial charge in [0.05, 0.1) is 46.5 Å². The number of methoxy groups -OCH3 is 4. The van der Waals surface area contributed by atoms with Crippen LogP contribution in [0.4, 0.5) is 0 Å². The van der Waals surface area contributed by atoms with Crippen LogP contribution in [0.2, 0.25) is 0 Å². The van der Waals surface area contributed by atoms with Crippen molar-refractivity contribution in [2.75, 3.05) is 28.4 Å². The van der Waals surface area contributed by atoms with Crippen LogP contribution < -0.4 is 19.5 Å². The Labute approximate surface area is 157 Å². The third kappa shape index (κ3) is 5.10. The molecule has 1 aromatic carbocycles. The number of carbonyl (C=O) groups is 2. The number of amides is 1. The van der Waals surface area contributed by atoms with E-state index in [0.29, 0.717) is 28.5 Å². The molecule has 1 amide bonds. The second-order valence-electron chi connectivity index (χ2n) is 5.51. The first-order valence-corrected chi connectivity index (χ1v) is 8.12. The van der Waals surface area contributed by atoms with E-state index in [2.05, 4.69) is 10.3 Å². The standard InChI is InChI=1S/C19H22N2O6/c1-24-15-7-5-12(9-16(15)25-2)14(10-18(22)27-4)21-19(23)13-6-8-17(26-3)20-11-13/h5-9,11,14H,10H2,1-4H3,(H,21,23). The van der Waals surface area contributed by atoms with Crippen LogP contribution in [0.5, 0.6) is 17.4 Å². The van der Waals surface area contributed by atoms with E-state index in [4.69, 9.17) is 18.9 Å². The lowest BCUT2D eigenvalue weighted by Crippen LogP contribution is -2.30. The van der Waals surface area contributed by atoms with Crippen LogP contribution in [0.25, 0.3) is 0 Å². The molecular formula is C19H22N2O6. The maximum Gasteiger partial charge on any atom is 0.307 e. The fourth-order valence-electron chi connectivity index (χ4n) is 2.45. The summed E-state index contributed by atoms with van der Waals surface area (Å²) in [4.78, 5) is 28.4. The monoisotopic (exact) mass is 374 g/mol. The highest BCUT2D eigenvalue weighted by Crippen LogP contribution is 2.31. The molecule has 0 fully saturated rings. The van der Waals surface area contributed by atoms with E-state index in [1.165, 1.54) is 34.6 Å². The second kappa shape index (κ2) is 9.42. The van der Waals surface area contributed by atoms with Crippen molar-refractivity contribution < 1.29 is 28.5 Å². The summed E-state index contributed by atoms with van der Waals surface area (Å²) in [6.07, 6.45) is 1.36. The van der Waals surface area contributed by atoms with Crippen LogP contribution in [0, 0.1) is 0 Å². The average Bonchev–Trinajstić information content (AvgIpc) is 2.72. The molecule has 0 aliphatic rings. The van der Waals surface area contributed by atoms with Crippen LogP contribution in [-0.4, -0.2) is 45.3 Å². The van der Waals surface area contributed by atoms with E-state index >= 15 is 0 Å². The average molecular weight is 374 g/mol. The third-order valence-electron chi connectivity index (χ3n) is 3.92. The lowest BCUT2D eigenvalue weighted by atomic mass is 10.0. The highest BCUT2D eigenvalue weighted by Gasteiger charge is 2.21. The Bertz CT molecular complexity index is 791. The number of benzene rings is 1. The molecule has 144 valence electrons. The molecule has 0 spiro atoms. The Morgan fingerprint density at radius 3 is 2.30 bits per heavy atom. The number of rotatable bonds is 8. The van der Waals surface area contributed by atoms with Crippen LogP contribution in [0.1, 0.15) is 28.4 Å². The smallest absolute Gasteiger partial charge is 0.307 e. The third-order valence-corrected chi connectivity index (χ3v) is 3.92. The number of carbonyl (C=O) groups excluding carboxylic acids is 2. The highest BCUT2D eigenvalue weighted by molar-refractivity contribution is 5.94. The Kier molecular flexibility index (Phi) is 6.99. The first-order chi connectivity index (χ1) is 13.0. The summed E-state index contributed by atoms with van der Waals surface area (Å²) in [5, 5.41) is 2.82. The molecule has 1 atom stereocenters. The van der Waals surface area contributed by atoms with Gasteiger partial charge in [0.25, 0.3) is 5.91 Å². The molecule has 0 saturated heterocycles. The maximum atomic E-state index is 12.6. The lowest BCUT2D eigenvalue weighted by Gasteiger charge is -2.19. The van der Waals surface area contributed by atoms with Gasteiger partial charge in [0.1, 0.15) is 0 Å². The van der Waals surface area contributed by atoms with Crippen LogP contribution >= 0.6 is 0 Å². The predicted molar refractivity (Wildman–Crippen MR) is 97.2 cm³/mol. The van der Waals surface area contributed by atoms with Crippen molar-refractivity contribution in [3.8, 4) is 17.4 Å². The number of ether oxygens (including phenoxy) is 4. The number of hydrogen-bond donors (Lipinski definition) is 1. The summed E-state index contributed by atoms with van der Waals surface area (Å²) < 4.78 is 20.2. The molecule has 0 aliphatic heterocycles. The first-order valence-electron chi connectivity index (χ1n) is 8.12. The molecule has 1 unspecified atom stereocenters. The lowest BCUT2D eigenvalue weighted by molar-refractivity contribution is -0.141. The van der Waals surface area contributed by atoms with Crippen LogP contribution in [-0.2, 0) is 9.53 Å². The molecule has 1 N–H and O–H groups in total. The SMILES string of the molecule is COC(=O)CC(NC(=O)c1ccc(OC)nc1)c1ccc(OC)c(OC)c1. The van der Waals surface area contributed by atoms with Crippen LogP contribution in [0.3, 0.4) is 0 Å². The molecule has 0 aliphatic carbocycles. The van der Waals surface area contributed by atoms with E-state index in [1.54, 1.807) is 30.3 Å². The minimum Gasteiger partial charge on any atom is -0.493 e. The molecule has 1 aromatic heterocycles. The van der Waals surface area contributed by atoms with Gasteiger partial charge in [0, 0.05) is 12.3 Å². The van der Waals surface area contributed by atoms with Gasteiger partial charge >= 0.3 is 5.97 Å². The summed E-state index contributed by atoms with van der Waals surface area (Å²) in [5.74, 6) is 0.600. The number of pyridine rings is 1. The molecular weight excluding hydrogens is 352 g/mol. The van der Waals surface area contributed by atoms with Gasteiger partial charge in [0.15, 0.2) is 11.5 Å². The van der Waals surface area contributed by atoms with Crippen molar-refractivity contribution >= 4 is 11.9 Å². The number of esters is 1. The van der Waals surface area contributed by atoms with E-state index in [9.17, 15) is 9.59 Å². The summed E-state index contributed by atoms with van der Waals surface area (Å²) >= 11 is 0. The topological polar surface area (TPSA) is 96.0 Å². The van der Waals surface area contributed by atoms with E-state index < -0.39 is 12.0 Å². The summed E-state index contributed by atoms with van der Waals surface area (Å²) in [6.45, 7) is 0. The van der Waals surface area contributed by atoms with Crippen molar-refractivity contribution in [3.05, 3.63) is 47.7 Å². The zero-order chi connectivity index (χ0) is 19.8. The van der Waals surface area contributed by atoms with E-state index in [1.807, 2.05) is 0 Å². The minimum absolute atomic E-state index is 0.0404. The second-order valence-corrected chi connectivity index (χ2v) is 5.51. The summed E-state index contributed by atoms with van der Waals surface area (Å²) in [5.41, 5.74) is 1.01. The van der Waals surface area contributed by atoms with Crippen molar-refractivity contribution in [1.29, 1.82) is 0 Å². The minimum atomic E-state index is -0.619. The van der Waals surface area contributed by atoms with E-state index in [0.717, 1.165) is 0 Å². The zero-order valence-corrected chi connectivity index (χ0v) is 15.6. The maximum absolute atomic E-state index is 12.6. The Morgan fingerprint density at radius 1 is 1.00 bits per heavy atom. The molecule has 0 saturated carbocycles. The van der Waals surface area contributed by atoms with Gasteiger partial charge in [-0.05, 0) is 23.8 Å². The number of nitrogens with one attached hydrogen (secondary N) is 1. The van der Waals surface area contributed by atoms with Gasteiger partial charge in [-0.15, -0.1) is 0 Å². The van der Waals surface area contributed by atoms with E-state index in [-0.39, 0.29) is 12.3 Å². The van der Waals surface area contributed by atoms with Gasteiger partial charge in [-0.1, -0.05) is 6.07 Å². The quantitative estimate of drug-likeness (QED) is 0.707. The van der Waals surface area contributed by atoms with Gasteiger partial charge in [-0.25, -0.2) is 4.98 Å².